The number of piperazine rings is 1. The Morgan fingerprint density at radius 3 is 2.59 bits per heavy atom. The van der Waals surface area contributed by atoms with Crippen molar-refractivity contribution in [2.75, 3.05) is 31.1 Å². The molecule has 1 saturated heterocycles. The van der Waals surface area contributed by atoms with Gasteiger partial charge in [0.25, 0.3) is 0 Å². The molecular weight excluding hydrogens is 285 g/mol. The molecule has 0 aliphatic carbocycles. The monoisotopic (exact) mass is 305 g/mol. The number of halogens is 1. The van der Waals surface area contributed by atoms with Crippen LogP contribution in [0.4, 0.5) is 10.1 Å². The summed E-state index contributed by atoms with van der Waals surface area (Å²) in [4.78, 5) is 14.2. The van der Waals surface area contributed by atoms with Crippen molar-refractivity contribution in [1.82, 2.24) is 19.7 Å². The molecule has 1 fully saturated rings. The van der Waals surface area contributed by atoms with E-state index in [0.29, 0.717) is 11.4 Å². The van der Waals surface area contributed by atoms with Crippen LogP contribution in [0.3, 0.4) is 0 Å². The molecule has 0 radical (unpaired) electrons. The largest absolute Gasteiger partial charge is 0.367 e. The van der Waals surface area contributed by atoms with Gasteiger partial charge < -0.3 is 10.2 Å². The van der Waals surface area contributed by atoms with Gasteiger partial charge in [-0.3, -0.25) is 0 Å². The Kier molecular flexibility index (Phi) is 3.98. The lowest BCUT2D eigenvalue weighted by Crippen LogP contribution is -2.43. The van der Waals surface area contributed by atoms with E-state index in [1.54, 1.807) is 12.1 Å². The van der Waals surface area contributed by atoms with Crippen LogP contribution in [0.15, 0.2) is 29.3 Å². The lowest BCUT2D eigenvalue weighted by molar-refractivity contribution is 0.511. The zero-order valence-electron chi connectivity index (χ0n) is 12.8. The number of nitrogens with zero attached hydrogens (tertiary/aromatic N) is 4. The topological polar surface area (TPSA) is 55.1 Å². The summed E-state index contributed by atoms with van der Waals surface area (Å²) in [7, 11) is 0. The minimum absolute atomic E-state index is 0.0290. The van der Waals surface area contributed by atoms with E-state index < -0.39 is 0 Å². The molecule has 118 valence electrons. The molecule has 2 heterocycles. The van der Waals surface area contributed by atoms with Gasteiger partial charge in [0, 0.05) is 32.2 Å². The van der Waals surface area contributed by atoms with Gasteiger partial charge in [0.05, 0.1) is 17.4 Å². The summed E-state index contributed by atoms with van der Waals surface area (Å²) in [6, 6.07) is 4.85. The summed E-state index contributed by atoms with van der Waals surface area (Å²) < 4.78 is 17.2. The number of rotatable bonds is 3. The van der Waals surface area contributed by atoms with Gasteiger partial charge in [-0.1, -0.05) is 0 Å². The molecule has 2 aromatic rings. The second kappa shape index (κ2) is 5.92. The molecule has 1 aliphatic rings. The molecule has 1 aromatic heterocycles. The van der Waals surface area contributed by atoms with Gasteiger partial charge in [0.15, 0.2) is 0 Å². The van der Waals surface area contributed by atoms with Crippen LogP contribution in [0.25, 0.3) is 5.69 Å². The Balaban J connectivity index is 1.93. The maximum Gasteiger partial charge on any atom is 0.350 e. The zero-order chi connectivity index (χ0) is 15.7. The molecule has 1 aromatic carbocycles. The van der Waals surface area contributed by atoms with Gasteiger partial charge in [-0.25, -0.2) is 18.4 Å². The van der Waals surface area contributed by atoms with Crippen molar-refractivity contribution in [3.8, 4) is 5.69 Å². The second-order valence-corrected chi connectivity index (χ2v) is 5.69. The average molecular weight is 305 g/mol. The molecule has 6 nitrogen and oxygen atoms in total. The van der Waals surface area contributed by atoms with Crippen molar-refractivity contribution in [3.63, 3.8) is 0 Å². The third kappa shape index (κ3) is 2.64. The van der Waals surface area contributed by atoms with E-state index >= 15 is 0 Å². The quantitative estimate of drug-likeness (QED) is 0.925. The van der Waals surface area contributed by atoms with E-state index in [9.17, 15) is 9.18 Å². The summed E-state index contributed by atoms with van der Waals surface area (Å²) in [6.07, 6.45) is 1.43. The minimum atomic E-state index is -0.316. The second-order valence-electron chi connectivity index (χ2n) is 5.69. The van der Waals surface area contributed by atoms with Crippen molar-refractivity contribution in [2.45, 2.75) is 19.9 Å². The van der Waals surface area contributed by atoms with Gasteiger partial charge in [-0.05, 0) is 26.0 Å². The number of anilines is 1. The van der Waals surface area contributed by atoms with Crippen LogP contribution in [-0.4, -0.2) is 40.5 Å². The van der Waals surface area contributed by atoms with Gasteiger partial charge in [-0.2, -0.15) is 5.10 Å². The molecule has 0 unspecified atom stereocenters. The Bertz CT molecular complexity index is 715. The molecule has 0 bridgehead atoms. The number of aromatic nitrogens is 3. The maximum absolute atomic E-state index is 14.4. The third-order valence-electron chi connectivity index (χ3n) is 3.85. The first kappa shape index (κ1) is 14.8. The molecule has 22 heavy (non-hydrogen) atoms. The molecule has 1 aliphatic heterocycles. The van der Waals surface area contributed by atoms with Crippen molar-refractivity contribution < 1.29 is 4.39 Å². The standard InChI is InChI=1S/C15H20FN5O/c1-11(2)21-15(22)20(10-18-21)12-3-4-14(13(16)9-12)19-7-5-17-6-8-19/h3-4,9-11,17H,5-8H2,1-2H3. The van der Waals surface area contributed by atoms with Gasteiger partial charge >= 0.3 is 5.69 Å². The van der Waals surface area contributed by atoms with Gasteiger partial charge in [0.1, 0.15) is 12.1 Å². The molecule has 7 heteroatoms. The Morgan fingerprint density at radius 1 is 1.27 bits per heavy atom. The van der Waals surface area contributed by atoms with Crippen molar-refractivity contribution in [1.29, 1.82) is 0 Å². The molecular formula is C15H20FN5O. The van der Waals surface area contributed by atoms with Crippen LogP contribution in [0.1, 0.15) is 19.9 Å². The minimum Gasteiger partial charge on any atom is -0.367 e. The first-order valence-corrected chi connectivity index (χ1v) is 7.49. The number of hydrogen-bond donors (Lipinski definition) is 1. The molecule has 0 atom stereocenters. The summed E-state index contributed by atoms with van der Waals surface area (Å²) >= 11 is 0. The molecule has 0 amide bonds. The fourth-order valence-corrected chi connectivity index (χ4v) is 2.66. The first-order valence-electron chi connectivity index (χ1n) is 7.49. The van der Waals surface area contributed by atoms with Crippen LogP contribution in [0.2, 0.25) is 0 Å². The number of benzene rings is 1. The smallest absolute Gasteiger partial charge is 0.350 e. The zero-order valence-corrected chi connectivity index (χ0v) is 12.8. The highest BCUT2D eigenvalue weighted by Crippen LogP contribution is 2.22. The molecule has 1 N–H and O–H groups in total. The highest BCUT2D eigenvalue weighted by atomic mass is 19.1. The van der Waals surface area contributed by atoms with Crippen LogP contribution in [0, 0.1) is 5.82 Å². The summed E-state index contributed by atoms with van der Waals surface area (Å²) in [5.41, 5.74) is 0.812. The average Bonchev–Trinajstić information content (AvgIpc) is 2.90. The fourth-order valence-electron chi connectivity index (χ4n) is 2.66. The lowest BCUT2D eigenvalue weighted by Gasteiger charge is -2.29. The van der Waals surface area contributed by atoms with Gasteiger partial charge in [-0.15, -0.1) is 0 Å². The summed E-state index contributed by atoms with van der Waals surface area (Å²) in [6.45, 7) is 7.02. The van der Waals surface area contributed by atoms with Crippen LogP contribution < -0.4 is 15.9 Å². The van der Waals surface area contributed by atoms with E-state index in [1.807, 2.05) is 18.7 Å². The van der Waals surface area contributed by atoms with Crippen molar-refractivity contribution in [3.05, 3.63) is 40.8 Å². The third-order valence-corrected chi connectivity index (χ3v) is 3.85. The summed E-state index contributed by atoms with van der Waals surface area (Å²) in [5, 5.41) is 7.30. The Hall–Kier alpha value is -2.15. The molecule has 0 saturated carbocycles. The highest BCUT2D eigenvalue weighted by Gasteiger charge is 2.16. The van der Waals surface area contributed by atoms with Gasteiger partial charge in [0.2, 0.25) is 0 Å². The van der Waals surface area contributed by atoms with Crippen LogP contribution in [-0.2, 0) is 0 Å². The Labute approximate surface area is 128 Å². The normalized spacial score (nSPS) is 15.5. The van der Waals surface area contributed by atoms with Crippen molar-refractivity contribution >= 4 is 5.69 Å². The summed E-state index contributed by atoms with van der Waals surface area (Å²) in [5.74, 6) is -0.316. The lowest BCUT2D eigenvalue weighted by atomic mass is 10.2. The first-order chi connectivity index (χ1) is 10.6. The fraction of sp³-hybridized carbons (Fsp3) is 0.467. The SMILES string of the molecule is CC(C)n1ncn(-c2ccc(N3CCNCC3)c(F)c2)c1=O. The number of hydrogen-bond acceptors (Lipinski definition) is 4. The van der Waals surface area contributed by atoms with E-state index in [0.717, 1.165) is 26.2 Å². The molecule has 0 spiro atoms. The predicted octanol–water partition coefficient (Wildman–Crippen LogP) is 1.16. The highest BCUT2D eigenvalue weighted by molar-refractivity contribution is 5.52. The van der Waals surface area contributed by atoms with E-state index in [-0.39, 0.29) is 17.5 Å². The number of nitrogens with one attached hydrogen (secondary N) is 1. The Morgan fingerprint density at radius 2 is 2.00 bits per heavy atom. The van der Waals surface area contributed by atoms with E-state index in [1.165, 1.54) is 21.6 Å². The van der Waals surface area contributed by atoms with E-state index in [4.69, 9.17) is 0 Å². The van der Waals surface area contributed by atoms with Crippen LogP contribution in [0.5, 0.6) is 0 Å². The maximum atomic E-state index is 14.4. The van der Waals surface area contributed by atoms with Crippen LogP contribution >= 0.6 is 0 Å². The van der Waals surface area contributed by atoms with Crippen molar-refractivity contribution in [2.24, 2.45) is 0 Å². The molecule has 3 rings (SSSR count). The predicted molar refractivity (Wildman–Crippen MR) is 83.2 cm³/mol. The van der Waals surface area contributed by atoms with E-state index in [2.05, 4.69) is 10.4 Å².